The molecule has 4 rings (SSSR count). The summed E-state index contributed by atoms with van der Waals surface area (Å²) in [6.45, 7) is 0.464. The predicted octanol–water partition coefficient (Wildman–Crippen LogP) is 2.44. The van der Waals surface area contributed by atoms with Gasteiger partial charge in [-0.2, -0.15) is 0 Å². The summed E-state index contributed by atoms with van der Waals surface area (Å²) in [5.74, 6) is 0.673. The van der Waals surface area contributed by atoms with E-state index >= 15 is 0 Å². The standard InChI is InChI=1S/C19H16N4O/c24-13-11-20-18-17(15-7-2-1-3-8-15)22-23-12-10-14-6-4-5-9-16(14)19(23)21-18/h1-10,12,24H,11,13H2/p+1. The average molecular weight is 317 g/mol. The van der Waals surface area contributed by atoms with Crippen LogP contribution in [0.5, 0.6) is 0 Å². The van der Waals surface area contributed by atoms with Crippen LogP contribution in [0.1, 0.15) is 0 Å². The van der Waals surface area contributed by atoms with Gasteiger partial charge in [-0.3, -0.25) is 0 Å². The third kappa shape index (κ3) is 2.55. The van der Waals surface area contributed by atoms with Crippen molar-refractivity contribution in [2.24, 2.45) is 0 Å². The molecule has 0 bridgehead atoms. The Morgan fingerprint density at radius 1 is 0.958 bits per heavy atom. The molecular formula is C19H17N4O+. The van der Waals surface area contributed by atoms with E-state index in [-0.39, 0.29) is 6.61 Å². The van der Waals surface area contributed by atoms with Crippen molar-refractivity contribution in [2.45, 2.75) is 0 Å². The number of hydrogen-bond donors (Lipinski definition) is 2. The fourth-order valence-corrected chi connectivity index (χ4v) is 2.79. The number of benzene rings is 2. The number of pyridine rings is 1. The lowest BCUT2D eigenvalue weighted by Crippen LogP contribution is -2.29. The van der Waals surface area contributed by atoms with E-state index in [9.17, 15) is 0 Å². The Kier molecular flexibility index (Phi) is 3.76. The van der Waals surface area contributed by atoms with Crippen molar-refractivity contribution in [1.29, 1.82) is 0 Å². The number of aliphatic hydroxyl groups excluding tert-OH is 1. The number of aliphatic hydroxyl groups is 1. The SMILES string of the molecule is OCCNc1nc2c3ccccc3cc[n+]2nc1-c1ccccc1. The monoisotopic (exact) mass is 317 g/mol. The van der Waals surface area contributed by atoms with Crippen LogP contribution in [0.3, 0.4) is 0 Å². The van der Waals surface area contributed by atoms with Crippen molar-refractivity contribution in [1.82, 2.24) is 10.1 Å². The number of aromatic nitrogens is 3. The van der Waals surface area contributed by atoms with Gasteiger partial charge < -0.3 is 10.4 Å². The zero-order valence-corrected chi connectivity index (χ0v) is 13.1. The highest BCUT2D eigenvalue weighted by molar-refractivity contribution is 5.92. The summed E-state index contributed by atoms with van der Waals surface area (Å²) in [7, 11) is 0. The molecule has 0 atom stereocenters. The van der Waals surface area contributed by atoms with Gasteiger partial charge in [0.15, 0.2) is 5.69 Å². The van der Waals surface area contributed by atoms with Crippen LogP contribution >= 0.6 is 0 Å². The van der Waals surface area contributed by atoms with Crippen LogP contribution in [0.2, 0.25) is 0 Å². The lowest BCUT2D eigenvalue weighted by molar-refractivity contribution is -0.580. The van der Waals surface area contributed by atoms with E-state index in [1.165, 1.54) is 0 Å². The third-order valence-corrected chi connectivity index (χ3v) is 3.92. The quantitative estimate of drug-likeness (QED) is 0.448. The average Bonchev–Trinajstić information content (AvgIpc) is 2.66. The van der Waals surface area contributed by atoms with Gasteiger partial charge in [-0.1, -0.05) is 53.6 Å². The van der Waals surface area contributed by atoms with E-state index in [4.69, 9.17) is 15.2 Å². The normalized spacial score (nSPS) is 11.0. The first-order chi connectivity index (χ1) is 11.9. The minimum Gasteiger partial charge on any atom is -0.395 e. The highest BCUT2D eigenvalue weighted by Gasteiger charge is 2.20. The van der Waals surface area contributed by atoms with Gasteiger partial charge in [-0.05, 0) is 22.5 Å². The van der Waals surface area contributed by atoms with Gasteiger partial charge in [0.05, 0.1) is 12.0 Å². The summed E-state index contributed by atoms with van der Waals surface area (Å²) in [4.78, 5) is 4.80. The Morgan fingerprint density at radius 3 is 2.58 bits per heavy atom. The van der Waals surface area contributed by atoms with Crippen molar-refractivity contribution in [3.05, 3.63) is 66.9 Å². The summed E-state index contributed by atoms with van der Waals surface area (Å²) < 4.78 is 1.80. The second-order valence-corrected chi connectivity index (χ2v) is 5.50. The molecule has 2 aromatic heterocycles. The molecule has 0 saturated carbocycles. The third-order valence-electron chi connectivity index (χ3n) is 3.92. The van der Waals surface area contributed by atoms with Crippen LogP contribution in [0.4, 0.5) is 5.82 Å². The molecule has 2 aromatic carbocycles. The molecule has 0 spiro atoms. The first kappa shape index (κ1) is 14.5. The van der Waals surface area contributed by atoms with Crippen LogP contribution in [0, 0.1) is 0 Å². The van der Waals surface area contributed by atoms with E-state index in [2.05, 4.69) is 11.4 Å². The van der Waals surface area contributed by atoms with Gasteiger partial charge in [0.25, 0.3) is 5.82 Å². The van der Waals surface area contributed by atoms with E-state index in [0.29, 0.717) is 12.4 Å². The molecule has 5 heteroatoms. The van der Waals surface area contributed by atoms with Gasteiger partial charge in [-0.25, -0.2) is 0 Å². The number of rotatable bonds is 4. The van der Waals surface area contributed by atoms with Crippen molar-refractivity contribution in [3.8, 4) is 11.3 Å². The van der Waals surface area contributed by atoms with Crippen molar-refractivity contribution in [2.75, 3.05) is 18.5 Å². The lowest BCUT2D eigenvalue weighted by atomic mass is 10.1. The Hall–Kier alpha value is -3.05. The van der Waals surface area contributed by atoms with Crippen molar-refractivity contribution >= 4 is 22.2 Å². The minimum atomic E-state index is 0.0383. The number of nitrogens with zero attached hydrogens (tertiary/aromatic N) is 3. The molecule has 5 nitrogen and oxygen atoms in total. The fourth-order valence-electron chi connectivity index (χ4n) is 2.79. The number of anilines is 1. The van der Waals surface area contributed by atoms with Crippen LogP contribution < -0.4 is 9.83 Å². The van der Waals surface area contributed by atoms with Gasteiger partial charge in [0.1, 0.15) is 6.20 Å². The molecule has 2 heterocycles. The van der Waals surface area contributed by atoms with E-state index in [1.54, 1.807) is 4.52 Å². The van der Waals surface area contributed by atoms with Crippen LogP contribution in [-0.2, 0) is 0 Å². The fraction of sp³-hybridized carbons (Fsp3) is 0.105. The van der Waals surface area contributed by atoms with E-state index < -0.39 is 0 Å². The lowest BCUT2D eigenvalue weighted by Gasteiger charge is -2.06. The van der Waals surface area contributed by atoms with Gasteiger partial charge >= 0.3 is 5.65 Å². The van der Waals surface area contributed by atoms with Gasteiger partial charge in [0, 0.05) is 12.1 Å². The van der Waals surface area contributed by atoms with Crippen molar-refractivity contribution in [3.63, 3.8) is 0 Å². The summed E-state index contributed by atoms with van der Waals surface area (Å²) in [5.41, 5.74) is 2.53. The Labute approximate surface area is 139 Å². The van der Waals surface area contributed by atoms with Crippen LogP contribution in [0.15, 0.2) is 66.9 Å². The summed E-state index contributed by atoms with van der Waals surface area (Å²) in [5, 5.41) is 19.3. The minimum absolute atomic E-state index is 0.0383. The van der Waals surface area contributed by atoms with Gasteiger partial charge in [-0.15, -0.1) is 4.52 Å². The number of nitrogens with one attached hydrogen (secondary N) is 1. The molecule has 2 N–H and O–H groups in total. The van der Waals surface area contributed by atoms with Crippen molar-refractivity contribution < 1.29 is 9.62 Å². The van der Waals surface area contributed by atoms with Crippen LogP contribution in [-0.4, -0.2) is 28.3 Å². The molecule has 0 fully saturated rings. The zero-order valence-electron chi connectivity index (χ0n) is 13.1. The maximum atomic E-state index is 9.16. The molecule has 0 amide bonds. The molecule has 0 aliphatic heterocycles. The molecule has 118 valence electrons. The predicted molar refractivity (Wildman–Crippen MR) is 93.7 cm³/mol. The summed E-state index contributed by atoms with van der Waals surface area (Å²) >= 11 is 0. The molecule has 0 aliphatic rings. The first-order valence-electron chi connectivity index (χ1n) is 7.88. The zero-order chi connectivity index (χ0) is 16.4. The second-order valence-electron chi connectivity index (χ2n) is 5.50. The molecular weight excluding hydrogens is 300 g/mol. The molecule has 0 unspecified atom stereocenters. The number of hydrogen-bond acceptors (Lipinski definition) is 4. The molecule has 4 aromatic rings. The summed E-state index contributed by atoms with van der Waals surface area (Å²) in [6.07, 6.45) is 1.92. The van der Waals surface area contributed by atoms with Gasteiger partial charge in [0.2, 0.25) is 0 Å². The summed E-state index contributed by atoms with van der Waals surface area (Å²) in [6, 6.07) is 20.1. The number of fused-ring (bicyclic) bond motifs is 3. The van der Waals surface area contributed by atoms with E-state index in [1.807, 2.05) is 60.8 Å². The Morgan fingerprint density at radius 2 is 1.75 bits per heavy atom. The maximum absolute atomic E-state index is 9.16. The van der Waals surface area contributed by atoms with E-state index in [0.717, 1.165) is 27.7 Å². The second kappa shape index (κ2) is 6.22. The topological polar surface area (TPSA) is 62.1 Å². The smallest absolute Gasteiger partial charge is 0.358 e. The Balaban J connectivity index is 1.99. The first-order valence-corrected chi connectivity index (χ1v) is 7.88. The van der Waals surface area contributed by atoms with Crippen LogP contribution in [0.25, 0.3) is 27.7 Å². The Bertz CT molecular complexity index is 1000. The highest BCUT2D eigenvalue weighted by atomic mass is 16.3. The highest BCUT2D eigenvalue weighted by Crippen LogP contribution is 2.24. The molecule has 24 heavy (non-hydrogen) atoms. The maximum Gasteiger partial charge on any atom is 0.358 e. The molecule has 0 aliphatic carbocycles. The molecule has 0 saturated heterocycles. The molecule has 0 radical (unpaired) electrons. The largest absolute Gasteiger partial charge is 0.395 e.